The summed E-state index contributed by atoms with van der Waals surface area (Å²) in [5.74, 6) is -0.250. The van der Waals surface area contributed by atoms with Crippen molar-refractivity contribution in [3.63, 3.8) is 0 Å². The van der Waals surface area contributed by atoms with E-state index in [2.05, 4.69) is 10.3 Å². The number of amides is 1. The molecule has 1 amide bonds. The van der Waals surface area contributed by atoms with E-state index in [9.17, 15) is 13.2 Å². The van der Waals surface area contributed by atoms with Crippen molar-refractivity contribution >= 4 is 15.9 Å². The molecule has 1 saturated heterocycles. The first kappa shape index (κ1) is 17.4. The van der Waals surface area contributed by atoms with Crippen LogP contribution in [0.2, 0.25) is 0 Å². The van der Waals surface area contributed by atoms with E-state index in [0.717, 1.165) is 32.1 Å². The zero-order valence-corrected chi connectivity index (χ0v) is 14.7. The second-order valence-electron chi connectivity index (χ2n) is 6.73. The molecule has 6 nitrogen and oxygen atoms in total. The van der Waals surface area contributed by atoms with Crippen molar-refractivity contribution < 1.29 is 13.2 Å². The highest BCUT2D eigenvalue weighted by atomic mass is 32.2. The van der Waals surface area contributed by atoms with Crippen LogP contribution in [0.25, 0.3) is 0 Å². The van der Waals surface area contributed by atoms with Crippen molar-refractivity contribution in [2.45, 2.75) is 55.9 Å². The van der Waals surface area contributed by atoms with Gasteiger partial charge in [0.1, 0.15) is 4.90 Å². The highest BCUT2D eigenvalue weighted by Gasteiger charge is 2.34. The predicted octanol–water partition coefficient (Wildman–Crippen LogP) is 1.93. The number of sulfonamides is 1. The molecule has 1 aromatic rings. The van der Waals surface area contributed by atoms with Gasteiger partial charge in [-0.05, 0) is 37.8 Å². The van der Waals surface area contributed by atoms with Crippen molar-refractivity contribution in [3.8, 4) is 0 Å². The highest BCUT2D eigenvalue weighted by molar-refractivity contribution is 7.89. The Morgan fingerprint density at radius 3 is 2.67 bits per heavy atom. The number of hydrogen-bond acceptors (Lipinski definition) is 4. The molecule has 1 aliphatic heterocycles. The first-order valence-corrected chi connectivity index (χ1v) is 10.2. The lowest BCUT2D eigenvalue weighted by atomic mass is 9.93. The van der Waals surface area contributed by atoms with Crippen molar-refractivity contribution in [2.24, 2.45) is 5.92 Å². The predicted molar refractivity (Wildman–Crippen MR) is 90.7 cm³/mol. The number of hydrogen-bond donors (Lipinski definition) is 1. The van der Waals surface area contributed by atoms with Gasteiger partial charge >= 0.3 is 0 Å². The van der Waals surface area contributed by atoms with Crippen LogP contribution in [0, 0.1) is 5.92 Å². The minimum Gasteiger partial charge on any atom is -0.353 e. The Hall–Kier alpha value is -1.47. The molecule has 0 spiro atoms. The second kappa shape index (κ2) is 7.61. The summed E-state index contributed by atoms with van der Waals surface area (Å²) in [6.07, 6.45) is 10.0. The molecule has 132 valence electrons. The summed E-state index contributed by atoms with van der Waals surface area (Å²) < 4.78 is 26.8. The van der Waals surface area contributed by atoms with Crippen LogP contribution in [-0.2, 0) is 14.8 Å². The Morgan fingerprint density at radius 1 is 1.17 bits per heavy atom. The summed E-state index contributed by atoms with van der Waals surface area (Å²) in [4.78, 5) is 16.6. The Morgan fingerprint density at radius 2 is 1.96 bits per heavy atom. The molecule has 1 atom stereocenters. The van der Waals surface area contributed by atoms with Gasteiger partial charge in [-0.25, -0.2) is 8.42 Å². The Kier molecular flexibility index (Phi) is 5.50. The third-order valence-electron chi connectivity index (χ3n) is 4.98. The number of aromatic nitrogens is 1. The lowest BCUT2D eigenvalue weighted by Gasteiger charge is -2.32. The molecule has 1 aromatic heterocycles. The lowest BCUT2D eigenvalue weighted by molar-refractivity contribution is -0.127. The number of pyridine rings is 1. The molecule has 2 heterocycles. The van der Waals surface area contributed by atoms with Gasteiger partial charge in [0.2, 0.25) is 15.9 Å². The van der Waals surface area contributed by atoms with Gasteiger partial charge in [-0.2, -0.15) is 4.31 Å². The standard InChI is InChI=1S/C17H25N3O3S/c21-17(19-15-7-2-1-3-8-15)14-6-5-11-20(13-14)24(22,23)16-9-4-10-18-12-16/h4,9-10,12,14-15H,1-3,5-8,11,13H2,(H,19,21). The quantitative estimate of drug-likeness (QED) is 0.899. The van der Waals surface area contributed by atoms with Crippen molar-refractivity contribution in [3.05, 3.63) is 24.5 Å². The number of piperidine rings is 1. The summed E-state index contributed by atoms with van der Waals surface area (Å²) in [6.45, 7) is 0.722. The van der Waals surface area contributed by atoms with Crippen LogP contribution >= 0.6 is 0 Å². The molecular formula is C17H25N3O3S. The van der Waals surface area contributed by atoms with Gasteiger partial charge in [0, 0.05) is 31.5 Å². The largest absolute Gasteiger partial charge is 0.353 e. The monoisotopic (exact) mass is 351 g/mol. The van der Waals surface area contributed by atoms with Crippen LogP contribution in [-0.4, -0.2) is 42.7 Å². The van der Waals surface area contributed by atoms with Gasteiger partial charge in [0.05, 0.1) is 5.92 Å². The summed E-state index contributed by atoms with van der Waals surface area (Å²) in [5.41, 5.74) is 0. The molecule has 24 heavy (non-hydrogen) atoms. The van der Waals surface area contributed by atoms with E-state index in [1.807, 2.05) is 0 Å². The minimum absolute atomic E-state index is 0.00740. The van der Waals surface area contributed by atoms with E-state index in [1.165, 1.54) is 16.9 Å². The summed E-state index contributed by atoms with van der Waals surface area (Å²) in [6, 6.07) is 3.43. The molecule has 1 saturated carbocycles. The van der Waals surface area contributed by atoms with E-state index in [4.69, 9.17) is 0 Å². The molecule has 1 unspecified atom stereocenters. The van der Waals surface area contributed by atoms with E-state index >= 15 is 0 Å². The van der Waals surface area contributed by atoms with E-state index < -0.39 is 10.0 Å². The molecule has 0 radical (unpaired) electrons. The minimum atomic E-state index is -3.57. The fourth-order valence-corrected chi connectivity index (χ4v) is 5.08. The van der Waals surface area contributed by atoms with Gasteiger partial charge in [0.25, 0.3) is 0 Å². The summed E-state index contributed by atoms with van der Waals surface area (Å²) >= 11 is 0. The van der Waals surface area contributed by atoms with Crippen molar-refractivity contribution in [1.82, 2.24) is 14.6 Å². The van der Waals surface area contributed by atoms with Gasteiger partial charge in [0.15, 0.2) is 0 Å². The van der Waals surface area contributed by atoms with E-state index in [0.29, 0.717) is 13.0 Å². The van der Waals surface area contributed by atoms with Crippen LogP contribution in [0.3, 0.4) is 0 Å². The van der Waals surface area contributed by atoms with Gasteiger partial charge in [-0.1, -0.05) is 19.3 Å². The van der Waals surface area contributed by atoms with Crippen LogP contribution < -0.4 is 5.32 Å². The van der Waals surface area contributed by atoms with Gasteiger partial charge < -0.3 is 5.32 Å². The Bertz CT molecular complexity index is 657. The summed E-state index contributed by atoms with van der Waals surface area (Å²) in [5, 5.41) is 3.13. The number of rotatable bonds is 4. The Balaban J connectivity index is 1.64. The molecular weight excluding hydrogens is 326 g/mol. The van der Waals surface area contributed by atoms with E-state index in [1.54, 1.807) is 18.3 Å². The zero-order valence-electron chi connectivity index (χ0n) is 13.9. The first-order valence-electron chi connectivity index (χ1n) is 8.78. The van der Waals surface area contributed by atoms with Gasteiger partial charge in [-0.15, -0.1) is 0 Å². The fraction of sp³-hybridized carbons (Fsp3) is 0.647. The van der Waals surface area contributed by atoms with Crippen LogP contribution in [0.1, 0.15) is 44.9 Å². The third-order valence-corrected chi connectivity index (χ3v) is 6.83. The van der Waals surface area contributed by atoms with Crippen LogP contribution in [0.15, 0.2) is 29.4 Å². The molecule has 7 heteroatoms. The number of carbonyl (C=O) groups is 1. The molecule has 2 fully saturated rings. The molecule has 3 rings (SSSR count). The summed E-state index contributed by atoms with van der Waals surface area (Å²) in [7, 11) is -3.57. The number of carbonyl (C=O) groups excluding carboxylic acids is 1. The number of nitrogens with zero attached hydrogens (tertiary/aromatic N) is 2. The average molecular weight is 351 g/mol. The zero-order chi connectivity index (χ0) is 17.0. The smallest absolute Gasteiger partial charge is 0.244 e. The van der Waals surface area contributed by atoms with Crippen molar-refractivity contribution in [2.75, 3.05) is 13.1 Å². The maximum absolute atomic E-state index is 12.7. The lowest BCUT2D eigenvalue weighted by Crippen LogP contribution is -2.47. The van der Waals surface area contributed by atoms with Crippen LogP contribution in [0.4, 0.5) is 0 Å². The maximum Gasteiger partial charge on any atom is 0.244 e. The molecule has 1 aliphatic carbocycles. The average Bonchev–Trinajstić information content (AvgIpc) is 2.63. The fourth-order valence-electron chi connectivity index (χ4n) is 3.59. The molecule has 1 N–H and O–H groups in total. The SMILES string of the molecule is O=C(NC1CCCCC1)C1CCCN(S(=O)(=O)c2cccnc2)C1. The maximum atomic E-state index is 12.7. The van der Waals surface area contributed by atoms with Crippen LogP contribution in [0.5, 0.6) is 0 Å². The molecule has 2 aliphatic rings. The van der Waals surface area contributed by atoms with Crippen molar-refractivity contribution in [1.29, 1.82) is 0 Å². The Labute approximate surface area is 143 Å². The second-order valence-corrected chi connectivity index (χ2v) is 8.67. The van der Waals surface area contributed by atoms with E-state index in [-0.39, 0.29) is 29.3 Å². The third kappa shape index (κ3) is 3.95. The normalized spacial score (nSPS) is 23.8. The highest BCUT2D eigenvalue weighted by Crippen LogP contribution is 2.24. The number of nitrogens with one attached hydrogen (secondary N) is 1. The van der Waals surface area contributed by atoms with Gasteiger partial charge in [-0.3, -0.25) is 9.78 Å². The molecule has 0 aromatic carbocycles. The first-order chi connectivity index (χ1) is 11.6. The molecule has 0 bridgehead atoms. The topological polar surface area (TPSA) is 79.4 Å².